The molecule has 6 nitrogen and oxygen atoms in total. The molecule has 0 aliphatic heterocycles. The molecule has 0 aliphatic rings. The second kappa shape index (κ2) is 10.2. The Kier molecular flexibility index (Phi) is 8.49. The van der Waals surface area contributed by atoms with Crippen molar-refractivity contribution in [2.75, 3.05) is 39.1 Å². The van der Waals surface area contributed by atoms with Crippen molar-refractivity contribution < 1.29 is 14.3 Å². The molecule has 0 fully saturated rings. The van der Waals surface area contributed by atoms with Crippen LogP contribution in [0.1, 0.15) is 10.4 Å². The molecule has 0 radical (unpaired) electrons. The Bertz CT molecular complexity index is 469. The molecule has 0 saturated heterocycles. The second-order valence-electron chi connectivity index (χ2n) is 4.25. The Morgan fingerprint density at radius 2 is 2.00 bits per heavy atom. The average Bonchev–Trinajstić information content (AvgIpc) is 2.48. The van der Waals surface area contributed by atoms with Crippen molar-refractivity contribution in [1.29, 1.82) is 0 Å². The van der Waals surface area contributed by atoms with E-state index in [1.165, 1.54) is 11.8 Å². The largest absolute Gasteiger partial charge is 0.383 e. The van der Waals surface area contributed by atoms with Gasteiger partial charge in [0.05, 0.1) is 17.9 Å². The predicted molar refractivity (Wildman–Crippen MR) is 83.4 cm³/mol. The third-order valence-corrected chi connectivity index (χ3v) is 3.67. The Labute approximate surface area is 128 Å². The summed E-state index contributed by atoms with van der Waals surface area (Å²) in [7, 11) is 1.64. The fourth-order valence-electron chi connectivity index (χ4n) is 1.59. The standard InChI is InChI=1S/C14H21N3O3S/c1-20-9-8-16-6-7-17-14(19)11-4-2-3-5-12(11)21-10-13(15)18/h2-5,16H,6-10H2,1H3,(H2,15,18)(H,17,19). The molecule has 0 heterocycles. The van der Waals surface area contributed by atoms with Gasteiger partial charge in [-0.25, -0.2) is 0 Å². The number of thioether (sulfide) groups is 1. The Hall–Kier alpha value is -1.57. The molecule has 0 saturated carbocycles. The number of nitrogens with one attached hydrogen (secondary N) is 2. The zero-order valence-electron chi connectivity index (χ0n) is 12.1. The number of primary amides is 1. The van der Waals surface area contributed by atoms with Crippen LogP contribution in [-0.4, -0.2) is 50.9 Å². The van der Waals surface area contributed by atoms with Crippen LogP contribution < -0.4 is 16.4 Å². The first-order chi connectivity index (χ1) is 10.1. The molecule has 2 amide bonds. The molecule has 1 aromatic rings. The first-order valence-electron chi connectivity index (χ1n) is 6.63. The first-order valence-corrected chi connectivity index (χ1v) is 7.61. The summed E-state index contributed by atoms with van der Waals surface area (Å²) in [6.07, 6.45) is 0. The molecule has 0 bridgehead atoms. The lowest BCUT2D eigenvalue weighted by atomic mass is 10.2. The highest BCUT2D eigenvalue weighted by atomic mass is 32.2. The van der Waals surface area contributed by atoms with Gasteiger partial charge in [0.25, 0.3) is 5.91 Å². The number of hydrogen-bond donors (Lipinski definition) is 3. The lowest BCUT2D eigenvalue weighted by Crippen LogP contribution is -2.33. The van der Waals surface area contributed by atoms with Gasteiger partial charge in [-0.2, -0.15) is 0 Å². The van der Waals surface area contributed by atoms with Crippen LogP contribution in [0, 0.1) is 0 Å². The zero-order valence-corrected chi connectivity index (χ0v) is 12.9. The minimum absolute atomic E-state index is 0.156. The van der Waals surface area contributed by atoms with Gasteiger partial charge in [0.15, 0.2) is 0 Å². The van der Waals surface area contributed by atoms with Crippen LogP contribution in [0.25, 0.3) is 0 Å². The highest BCUT2D eigenvalue weighted by Crippen LogP contribution is 2.22. The maximum absolute atomic E-state index is 12.1. The lowest BCUT2D eigenvalue weighted by molar-refractivity contribution is -0.115. The third kappa shape index (κ3) is 7.12. The van der Waals surface area contributed by atoms with Crippen LogP contribution in [0.15, 0.2) is 29.2 Å². The molecule has 21 heavy (non-hydrogen) atoms. The zero-order chi connectivity index (χ0) is 15.5. The van der Waals surface area contributed by atoms with Gasteiger partial charge < -0.3 is 21.1 Å². The van der Waals surface area contributed by atoms with E-state index in [1.54, 1.807) is 25.3 Å². The van der Waals surface area contributed by atoms with Crippen molar-refractivity contribution in [3.63, 3.8) is 0 Å². The van der Waals surface area contributed by atoms with Crippen LogP contribution >= 0.6 is 11.8 Å². The van der Waals surface area contributed by atoms with E-state index in [-0.39, 0.29) is 11.7 Å². The normalized spacial score (nSPS) is 10.3. The molecule has 7 heteroatoms. The summed E-state index contributed by atoms with van der Waals surface area (Å²) in [6, 6.07) is 7.16. The van der Waals surface area contributed by atoms with Gasteiger partial charge in [-0.3, -0.25) is 9.59 Å². The van der Waals surface area contributed by atoms with Gasteiger partial charge >= 0.3 is 0 Å². The molecule has 4 N–H and O–H groups in total. The number of hydrogen-bond acceptors (Lipinski definition) is 5. The summed E-state index contributed by atoms with van der Waals surface area (Å²) < 4.78 is 4.91. The van der Waals surface area contributed by atoms with Crippen LogP contribution in [0.4, 0.5) is 0 Å². The van der Waals surface area contributed by atoms with Crippen molar-refractivity contribution in [3.8, 4) is 0 Å². The Balaban J connectivity index is 2.44. The molecule has 0 spiro atoms. The minimum Gasteiger partial charge on any atom is -0.383 e. The molecule has 0 aliphatic carbocycles. The maximum atomic E-state index is 12.1. The van der Waals surface area contributed by atoms with E-state index in [1.807, 2.05) is 6.07 Å². The number of carbonyl (C=O) groups is 2. The smallest absolute Gasteiger partial charge is 0.252 e. The summed E-state index contributed by atoms with van der Waals surface area (Å²) >= 11 is 1.27. The van der Waals surface area contributed by atoms with Crippen LogP contribution in [0.3, 0.4) is 0 Å². The molecule has 1 rings (SSSR count). The van der Waals surface area contributed by atoms with E-state index in [0.717, 1.165) is 11.4 Å². The van der Waals surface area contributed by atoms with Crippen molar-refractivity contribution in [1.82, 2.24) is 10.6 Å². The lowest BCUT2D eigenvalue weighted by Gasteiger charge is -2.10. The molecular weight excluding hydrogens is 290 g/mol. The van der Waals surface area contributed by atoms with Crippen molar-refractivity contribution in [3.05, 3.63) is 29.8 Å². The summed E-state index contributed by atoms with van der Waals surface area (Å²) in [4.78, 5) is 23.7. The van der Waals surface area contributed by atoms with Crippen molar-refractivity contribution in [2.24, 2.45) is 5.73 Å². The summed E-state index contributed by atoms with van der Waals surface area (Å²) in [5, 5.41) is 5.97. The number of amides is 2. The van der Waals surface area contributed by atoms with Crippen LogP contribution in [0.5, 0.6) is 0 Å². The third-order valence-electron chi connectivity index (χ3n) is 2.57. The van der Waals surface area contributed by atoms with E-state index < -0.39 is 5.91 Å². The van der Waals surface area contributed by atoms with Crippen LogP contribution in [0.2, 0.25) is 0 Å². The molecule has 1 aromatic carbocycles. The van der Waals surface area contributed by atoms with Gasteiger partial charge in [-0.05, 0) is 12.1 Å². The van der Waals surface area contributed by atoms with Gasteiger partial charge in [-0.1, -0.05) is 12.1 Å². The van der Waals surface area contributed by atoms with Crippen molar-refractivity contribution in [2.45, 2.75) is 4.90 Å². The number of ether oxygens (including phenoxy) is 1. The molecule has 0 aromatic heterocycles. The fraction of sp³-hybridized carbons (Fsp3) is 0.429. The van der Waals surface area contributed by atoms with Gasteiger partial charge in [0, 0.05) is 31.6 Å². The number of rotatable bonds is 10. The van der Waals surface area contributed by atoms with Gasteiger partial charge in [-0.15, -0.1) is 11.8 Å². The SMILES string of the molecule is COCCNCCNC(=O)c1ccccc1SCC(N)=O. The topological polar surface area (TPSA) is 93.4 Å². The van der Waals surface area contributed by atoms with E-state index in [2.05, 4.69) is 10.6 Å². The first kappa shape index (κ1) is 17.5. The fourth-order valence-corrected chi connectivity index (χ4v) is 2.38. The monoisotopic (exact) mass is 311 g/mol. The van der Waals surface area contributed by atoms with E-state index in [0.29, 0.717) is 25.3 Å². The van der Waals surface area contributed by atoms with E-state index in [4.69, 9.17) is 10.5 Å². The van der Waals surface area contributed by atoms with Gasteiger partial charge in [0.2, 0.25) is 5.91 Å². The predicted octanol–water partition coefficient (Wildman–Crippen LogP) is 0.230. The van der Waals surface area contributed by atoms with Gasteiger partial charge in [0.1, 0.15) is 0 Å². The molecular formula is C14H21N3O3S. The highest BCUT2D eigenvalue weighted by Gasteiger charge is 2.11. The summed E-state index contributed by atoms with van der Waals surface area (Å²) in [5.41, 5.74) is 5.68. The molecule has 116 valence electrons. The Morgan fingerprint density at radius 1 is 1.24 bits per heavy atom. The maximum Gasteiger partial charge on any atom is 0.252 e. The number of methoxy groups -OCH3 is 1. The second-order valence-corrected chi connectivity index (χ2v) is 5.27. The average molecular weight is 311 g/mol. The van der Waals surface area contributed by atoms with E-state index in [9.17, 15) is 9.59 Å². The minimum atomic E-state index is -0.405. The summed E-state index contributed by atoms with van der Waals surface area (Å²) in [5.74, 6) is -0.406. The summed E-state index contributed by atoms with van der Waals surface area (Å²) in [6.45, 7) is 2.58. The number of carbonyl (C=O) groups excluding carboxylic acids is 2. The van der Waals surface area contributed by atoms with Crippen LogP contribution in [-0.2, 0) is 9.53 Å². The number of nitrogens with two attached hydrogens (primary N) is 1. The Morgan fingerprint density at radius 3 is 2.71 bits per heavy atom. The quantitative estimate of drug-likeness (QED) is 0.425. The molecule has 0 unspecified atom stereocenters. The number of benzene rings is 1. The highest BCUT2D eigenvalue weighted by molar-refractivity contribution is 8.00. The molecule has 0 atom stereocenters. The van der Waals surface area contributed by atoms with E-state index >= 15 is 0 Å². The van der Waals surface area contributed by atoms with Crippen molar-refractivity contribution >= 4 is 23.6 Å².